The van der Waals surface area contributed by atoms with Crippen molar-refractivity contribution in [3.8, 4) is 5.75 Å². The van der Waals surface area contributed by atoms with Gasteiger partial charge in [-0.25, -0.2) is 0 Å². The van der Waals surface area contributed by atoms with Gasteiger partial charge in [-0.05, 0) is 73.7 Å². The standard InChI is InChI=1S/C26H18BrNO5/c1-14-20-13-18(28-26(30)23-12-16-11-17(27)5-9-21(16)32-23)6-10-22(20)33-25(14)24(29)15-3-7-19(31-2)8-4-15/h3-13H,1-2H3,(H,28,30). The van der Waals surface area contributed by atoms with Gasteiger partial charge in [0.2, 0.25) is 5.78 Å². The predicted molar refractivity (Wildman–Crippen MR) is 129 cm³/mol. The topological polar surface area (TPSA) is 81.7 Å². The molecular formula is C26H18BrNO5. The summed E-state index contributed by atoms with van der Waals surface area (Å²) >= 11 is 3.41. The number of furan rings is 2. The third-order valence-corrected chi connectivity index (χ3v) is 5.95. The van der Waals surface area contributed by atoms with E-state index < -0.39 is 0 Å². The first-order valence-corrected chi connectivity index (χ1v) is 10.9. The van der Waals surface area contributed by atoms with Gasteiger partial charge in [0.25, 0.3) is 5.91 Å². The number of methoxy groups -OCH3 is 1. The Kier molecular flexibility index (Phi) is 5.26. The summed E-state index contributed by atoms with van der Waals surface area (Å²) in [6.45, 7) is 1.82. The van der Waals surface area contributed by atoms with Crippen LogP contribution in [0.15, 0.2) is 80.0 Å². The van der Waals surface area contributed by atoms with Crippen molar-refractivity contribution in [2.24, 2.45) is 0 Å². The molecule has 0 aliphatic rings. The van der Waals surface area contributed by atoms with Crippen LogP contribution >= 0.6 is 15.9 Å². The summed E-state index contributed by atoms with van der Waals surface area (Å²) in [4.78, 5) is 25.7. The summed E-state index contributed by atoms with van der Waals surface area (Å²) < 4.78 is 17.6. The smallest absolute Gasteiger partial charge is 0.291 e. The molecule has 0 spiro atoms. The maximum Gasteiger partial charge on any atom is 0.291 e. The van der Waals surface area contributed by atoms with Crippen LogP contribution in [0.5, 0.6) is 5.75 Å². The molecule has 0 saturated carbocycles. The molecule has 2 heterocycles. The van der Waals surface area contributed by atoms with E-state index in [-0.39, 0.29) is 23.2 Å². The van der Waals surface area contributed by atoms with Gasteiger partial charge < -0.3 is 18.9 Å². The molecule has 1 amide bonds. The summed E-state index contributed by atoms with van der Waals surface area (Å²) in [5, 5.41) is 4.43. The maximum absolute atomic E-state index is 13.0. The first-order chi connectivity index (χ1) is 15.9. The highest BCUT2D eigenvalue weighted by molar-refractivity contribution is 9.10. The molecule has 2 aromatic heterocycles. The van der Waals surface area contributed by atoms with Gasteiger partial charge in [-0.15, -0.1) is 0 Å². The number of fused-ring (bicyclic) bond motifs is 2. The molecule has 0 bridgehead atoms. The van der Waals surface area contributed by atoms with Crippen LogP contribution in [0, 0.1) is 6.92 Å². The first-order valence-electron chi connectivity index (χ1n) is 10.2. The van der Waals surface area contributed by atoms with Gasteiger partial charge in [-0.3, -0.25) is 9.59 Å². The van der Waals surface area contributed by atoms with Gasteiger partial charge in [-0.1, -0.05) is 15.9 Å². The lowest BCUT2D eigenvalue weighted by molar-refractivity contribution is 0.0995. The molecule has 0 aliphatic heterocycles. The van der Waals surface area contributed by atoms with Crippen molar-refractivity contribution in [3.05, 3.63) is 93.9 Å². The average Bonchev–Trinajstić information content (AvgIpc) is 3.39. The zero-order valence-electron chi connectivity index (χ0n) is 17.8. The molecule has 0 fully saturated rings. The molecule has 5 aromatic rings. The van der Waals surface area contributed by atoms with Crippen molar-refractivity contribution >= 4 is 55.2 Å². The number of nitrogens with one attached hydrogen (secondary N) is 1. The highest BCUT2D eigenvalue weighted by Gasteiger charge is 2.20. The lowest BCUT2D eigenvalue weighted by Crippen LogP contribution is -2.10. The molecule has 0 atom stereocenters. The summed E-state index contributed by atoms with van der Waals surface area (Å²) in [7, 11) is 1.57. The zero-order chi connectivity index (χ0) is 23.1. The Balaban J connectivity index is 1.42. The molecule has 0 radical (unpaired) electrons. The molecule has 0 saturated heterocycles. The molecule has 33 heavy (non-hydrogen) atoms. The monoisotopic (exact) mass is 503 g/mol. The van der Waals surface area contributed by atoms with Gasteiger partial charge in [-0.2, -0.15) is 0 Å². The first kappa shape index (κ1) is 21.0. The molecule has 6 nitrogen and oxygen atoms in total. The minimum Gasteiger partial charge on any atom is -0.497 e. The molecule has 164 valence electrons. The fraction of sp³-hybridized carbons (Fsp3) is 0.0769. The number of halogens is 1. The van der Waals surface area contributed by atoms with Crippen LogP contribution in [-0.2, 0) is 0 Å². The maximum atomic E-state index is 13.0. The quantitative estimate of drug-likeness (QED) is 0.268. The molecule has 0 unspecified atom stereocenters. The number of aryl methyl sites for hydroxylation is 1. The molecular weight excluding hydrogens is 486 g/mol. The highest BCUT2D eigenvalue weighted by Crippen LogP contribution is 2.30. The van der Waals surface area contributed by atoms with Crippen LogP contribution in [0.1, 0.15) is 32.2 Å². The highest BCUT2D eigenvalue weighted by atomic mass is 79.9. The van der Waals surface area contributed by atoms with E-state index in [0.717, 1.165) is 15.2 Å². The second-order valence-electron chi connectivity index (χ2n) is 7.57. The SMILES string of the molecule is COc1ccc(C(=O)c2oc3ccc(NC(=O)c4cc5cc(Br)ccc5o4)cc3c2C)cc1. The van der Waals surface area contributed by atoms with Crippen LogP contribution < -0.4 is 10.1 Å². The molecule has 3 aromatic carbocycles. The Hall–Kier alpha value is -3.84. The number of carbonyl (C=O) groups is 2. The minimum absolute atomic E-state index is 0.211. The lowest BCUT2D eigenvalue weighted by atomic mass is 10.0. The van der Waals surface area contributed by atoms with E-state index in [0.29, 0.717) is 33.7 Å². The van der Waals surface area contributed by atoms with E-state index in [4.69, 9.17) is 13.6 Å². The van der Waals surface area contributed by atoms with E-state index in [1.807, 2.05) is 19.1 Å². The van der Waals surface area contributed by atoms with Gasteiger partial charge in [0.05, 0.1) is 7.11 Å². The lowest BCUT2D eigenvalue weighted by Gasteiger charge is -2.03. The fourth-order valence-corrected chi connectivity index (χ4v) is 4.09. The number of benzene rings is 3. The summed E-state index contributed by atoms with van der Waals surface area (Å²) in [5.74, 6) is 0.567. The molecule has 7 heteroatoms. The molecule has 5 rings (SSSR count). The second kappa shape index (κ2) is 8.26. The number of amides is 1. The van der Waals surface area contributed by atoms with E-state index in [1.165, 1.54) is 0 Å². The van der Waals surface area contributed by atoms with Gasteiger partial charge in [0.1, 0.15) is 16.9 Å². The summed E-state index contributed by atoms with van der Waals surface area (Å²) in [6.07, 6.45) is 0. The Morgan fingerprint density at radius 3 is 2.42 bits per heavy atom. The molecule has 0 aliphatic carbocycles. The van der Waals surface area contributed by atoms with E-state index in [1.54, 1.807) is 61.7 Å². The van der Waals surface area contributed by atoms with Gasteiger partial charge >= 0.3 is 0 Å². The number of hydrogen-bond donors (Lipinski definition) is 1. The third kappa shape index (κ3) is 3.91. The van der Waals surface area contributed by atoms with Gasteiger partial charge in [0.15, 0.2) is 11.5 Å². The Morgan fingerprint density at radius 1 is 0.909 bits per heavy atom. The predicted octanol–water partition coefficient (Wildman–Crippen LogP) is 6.74. The third-order valence-electron chi connectivity index (χ3n) is 5.45. The van der Waals surface area contributed by atoms with Crippen LogP contribution in [0.4, 0.5) is 5.69 Å². The van der Waals surface area contributed by atoms with Crippen molar-refractivity contribution in [2.75, 3.05) is 12.4 Å². The molecule has 1 N–H and O–H groups in total. The van der Waals surface area contributed by atoms with Crippen LogP contribution in [0.2, 0.25) is 0 Å². The van der Waals surface area contributed by atoms with Crippen LogP contribution in [-0.4, -0.2) is 18.8 Å². The van der Waals surface area contributed by atoms with Gasteiger partial charge in [0, 0.05) is 32.1 Å². The van der Waals surface area contributed by atoms with Crippen molar-refractivity contribution in [1.82, 2.24) is 0 Å². The fourth-order valence-electron chi connectivity index (χ4n) is 3.71. The Morgan fingerprint density at radius 2 is 1.67 bits per heavy atom. The number of rotatable bonds is 5. The second-order valence-corrected chi connectivity index (χ2v) is 8.49. The number of ether oxygens (including phenoxy) is 1. The summed E-state index contributed by atoms with van der Waals surface area (Å²) in [5.41, 5.74) is 2.97. The number of carbonyl (C=O) groups excluding carboxylic acids is 2. The number of hydrogen-bond acceptors (Lipinski definition) is 5. The Labute approximate surface area is 197 Å². The Bertz CT molecular complexity index is 1530. The average molecular weight is 504 g/mol. The van der Waals surface area contributed by atoms with Crippen molar-refractivity contribution in [2.45, 2.75) is 6.92 Å². The van der Waals surface area contributed by atoms with E-state index >= 15 is 0 Å². The van der Waals surface area contributed by atoms with Crippen molar-refractivity contribution < 1.29 is 23.2 Å². The largest absolute Gasteiger partial charge is 0.497 e. The summed E-state index contributed by atoms with van der Waals surface area (Å²) in [6, 6.07) is 19.4. The van der Waals surface area contributed by atoms with E-state index in [9.17, 15) is 9.59 Å². The minimum atomic E-state index is -0.364. The van der Waals surface area contributed by atoms with E-state index in [2.05, 4.69) is 21.2 Å². The zero-order valence-corrected chi connectivity index (χ0v) is 19.4. The normalized spacial score (nSPS) is 11.1. The number of anilines is 1. The van der Waals surface area contributed by atoms with Crippen molar-refractivity contribution in [3.63, 3.8) is 0 Å². The van der Waals surface area contributed by atoms with Crippen LogP contribution in [0.25, 0.3) is 21.9 Å². The van der Waals surface area contributed by atoms with Crippen molar-refractivity contribution in [1.29, 1.82) is 0 Å². The van der Waals surface area contributed by atoms with Crippen LogP contribution in [0.3, 0.4) is 0 Å². The number of ketones is 1.